The molecule has 0 atom stereocenters. The SMILES string of the molecule is CSc1ccccc1NCCC(C)(C)/C(N)=N/O. The van der Waals surface area contributed by atoms with E-state index in [1.807, 2.05) is 26.0 Å². The molecule has 0 aliphatic heterocycles. The Hall–Kier alpha value is -1.36. The van der Waals surface area contributed by atoms with E-state index >= 15 is 0 Å². The molecule has 1 aromatic rings. The quantitative estimate of drug-likeness (QED) is 0.244. The first-order chi connectivity index (χ1) is 8.51. The highest BCUT2D eigenvalue weighted by molar-refractivity contribution is 7.98. The lowest BCUT2D eigenvalue weighted by atomic mass is 9.88. The third kappa shape index (κ3) is 3.84. The van der Waals surface area contributed by atoms with Crippen LogP contribution in [-0.2, 0) is 0 Å². The summed E-state index contributed by atoms with van der Waals surface area (Å²) in [6.45, 7) is 4.70. The maximum Gasteiger partial charge on any atom is 0.144 e. The molecule has 0 amide bonds. The summed E-state index contributed by atoms with van der Waals surface area (Å²) in [7, 11) is 0. The smallest absolute Gasteiger partial charge is 0.144 e. The first-order valence-electron chi connectivity index (χ1n) is 5.86. The van der Waals surface area contributed by atoms with Crippen LogP contribution in [0.25, 0.3) is 0 Å². The Balaban J connectivity index is 2.56. The molecule has 0 aliphatic rings. The largest absolute Gasteiger partial charge is 0.409 e. The number of thioether (sulfide) groups is 1. The number of amidine groups is 1. The molecule has 1 rings (SSSR count). The van der Waals surface area contributed by atoms with Gasteiger partial charge in [-0.15, -0.1) is 11.8 Å². The second-order valence-corrected chi connectivity index (χ2v) is 5.59. The Morgan fingerprint density at radius 1 is 1.44 bits per heavy atom. The molecule has 0 unspecified atom stereocenters. The summed E-state index contributed by atoms with van der Waals surface area (Å²) in [5.41, 5.74) is 6.47. The van der Waals surface area contributed by atoms with Gasteiger partial charge in [-0.3, -0.25) is 0 Å². The zero-order valence-corrected chi connectivity index (χ0v) is 11.9. The van der Waals surface area contributed by atoms with E-state index in [1.165, 1.54) is 4.90 Å². The summed E-state index contributed by atoms with van der Waals surface area (Å²) in [5.74, 6) is 0.266. The van der Waals surface area contributed by atoms with Crippen molar-refractivity contribution in [1.29, 1.82) is 0 Å². The van der Waals surface area contributed by atoms with Gasteiger partial charge in [-0.05, 0) is 24.8 Å². The predicted molar refractivity (Wildman–Crippen MR) is 78.5 cm³/mol. The van der Waals surface area contributed by atoms with Crippen molar-refractivity contribution in [2.75, 3.05) is 18.1 Å². The van der Waals surface area contributed by atoms with E-state index < -0.39 is 0 Å². The molecular weight excluding hydrogens is 246 g/mol. The fraction of sp³-hybridized carbons (Fsp3) is 0.462. The van der Waals surface area contributed by atoms with Gasteiger partial charge >= 0.3 is 0 Å². The molecule has 1 aromatic carbocycles. The van der Waals surface area contributed by atoms with Crippen LogP contribution in [-0.4, -0.2) is 23.8 Å². The van der Waals surface area contributed by atoms with Gasteiger partial charge in [0.05, 0.1) is 0 Å². The number of oxime groups is 1. The Morgan fingerprint density at radius 3 is 2.72 bits per heavy atom. The van der Waals surface area contributed by atoms with E-state index in [9.17, 15) is 0 Å². The highest BCUT2D eigenvalue weighted by Gasteiger charge is 2.22. The van der Waals surface area contributed by atoms with Crippen molar-refractivity contribution in [3.05, 3.63) is 24.3 Å². The second kappa shape index (κ2) is 6.54. The van der Waals surface area contributed by atoms with Gasteiger partial charge in [0, 0.05) is 22.5 Å². The minimum absolute atomic E-state index is 0.266. The number of hydrogen-bond acceptors (Lipinski definition) is 4. The number of nitrogens with zero attached hydrogens (tertiary/aromatic N) is 1. The summed E-state index contributed by atoms with van der Waals surface area (Å²) < 4.78 is 0. The Kier molecular flexibility index (Phi) is 5.34. The Labute approximate surface area is 113 Å². The lowest BCUT2D eigenvalue weighted by Gasteiger charge is -2.23. The molecule has 4 nitrogen and oxygen atoms in total. The number of para-hydroxylation sites is 1. The minimum Gasteiger partial charge on any atom is -0.409 e. The van der Waals surface area contributed by atoms with Crippen LogP contribution in [0, 0.1) is 5.41 Å². The first-order valence-corrected chi connectivity index (χ1v) is 7.08. The molecule has 0 spiro atoms. The maximum atomic E-state index is 8.71. The van der Waals surface area contributed by atoms with Gasteiger partial charge in [0.1, 0.15) is 5.84 Å². The van der Waals surface area contributed by atoms with Crippen LogP contribution in [0.3, 0.4) is 0 Å². The molecule has 100 valence electrons. The van der Waals surface area contributed by atoms with Crippen molar-refractivity contribution in [3.63, 3.8) is 0 Å². The number of nitrogens with one attached hydrogen (secondary N) is 1. The summed E-state index contributed by atoms with van der Waals surface area (Å²) in [6, 6.07) is 8.18. The van der Waals surface area contributed by atoms with Crippen LogP contribution >= 0.6 is 11.8 Å². The van der Waals surface area contributed by atoms with Gasteiger partial charge in [-0.2, -0.15) is 0 Å². The molecule has 4 N–H and O–H groups in total. The van der Waals surface area contributed by atoms with Crippen molar-refractivity contribution in [2.45, 2.75) is 25.2 Å². The summed E-state index contributed by atoms with van der Waals surface area (Å²) in [6.07, 6.45) is 2.85. The Bertz CT molecular complexity index is 418. The van der Waals surface area contributed by atoms with Crippen molar-refractivity contribution in [1.82, 2.24) is 0 Å². The number of rotatable bonds is 6. The van der Waals surface area contributed by atoms with E-state index in [1.54, 1.807) is 11.8 Å². The van der Waals surface area contributed by atoms with Gasteiger partial charge in [-0.1, -0.05) is 31.1 Å². The number of hydrogen-bond donors (Lipinski definition) is 3. The zero-order chi connectivity index (χ0) is 13.6. The Morgan fingerprint density at radius 2 is 2.11 bits per heavy atom. The molecule has 0 fully saturated rings. The van der Waals surface area contributed by atoms with Gasteiger partial charge in [0.25, 0.3) is 0 Å². The van der Waals surface area contributed by atoms with Crippen LogP contribution in [0.2, 0.25) is 0 Å². The van der Waals surface area contributed by atoms with E-state index in [-0.39, 0.29) is 11.3 Å². The number of nitrogens with two attached hydrogens (primary N) is 1. The number of benzene rings is 1. The lowest BCUT2D eigenvalue weighted by Crippen LogP contribution is -2.33. The second-order valence-electron chi connectivity index (χ2n) is 4.75. The average Bonchev–Trinajstić information content (AvgIpc) is 2.38. The van der Waals surface area contributed by atoms with Crippen LogP contribution in [0.4, 0.5) is 5.69 Å². The van der Waals surface area contributed by atoms with Crippen LogP contribution < -0.4 is 11.1 Å². The maximum absolute atomic E-state index is 8.71. The molecule has 0 heterocycles. The monoisotopic (exact) mass is 267 g/mol. The molecule has 18 heavy (non-hydrogen) atoms. The third-order valence-electron chi connectivity index (χ3n) is 2.97. The molecule has 5 heteroatoms. The van der Waals surface area contributed by atoms with Crippen LogP contribution in [0.1, 0.15) is 20.3 Å². The molecule has 0 bridgehead atoms. The first kappa shape index (κ1) is 14.7. The lowest BCUT2D eigenvalue weighted by molar-refractivity contribution is 0.306. The molecular formula is C13H21N3OS. The van der Waals surface area contributed by atoms with E-state index in [0.29, 0.717) is 0 Å². The van der Waals surface area contributed by atoms with E-state index in [2.05, 4.69) is 28.9 Å². The van der Waals surface area contributed by atoms with Gasteiger partial charge in [0.2, 0.25) is 0 Å². The van der Waals surface area contributed by atoms with Gasteiger partial charge in [0.15, 0.2) is 0 Å². The van der Waals surface area contributed by atoms with Gasteiger partial charge in [-0.25, -0.2) is 0 Å². The van der Waals surface area contributed by atoms with Crippen molar-refractivity contribution in [2.24, 2.45) is 16.3 Å². The van der Waals surface area contributed by atoms with Crippen molar-refractivity contribution >= 4 is 23.3 Å². The molecule has 0 aromatic heterocycles. The molecule has 0 aliphatic carbocycles. The van der Waals surface area contributed by atoms with E-state index in [0.717, 1.165) is 18.7 Å². The normalized spacial score (nSPS) is 12.5. The summed E-state index contributed by atoms with van der Waals surface area (Å²) in [4.78, 5) is 1.22. The van der Waals surface area contributed by atoms with Crippen LogP contribution in [0.5, 0.6) is 0 Å². The average molecular weight is 267 g/mol. The van der Waals surface area contributed by atoms with E-state index in [4.69, 9.17) is 10.9 Å². The van der Waals surface area contributed by atoms with Crippen molar-refractivity contribution < 1.29 is 5.21 Å². The fourth-order valence-corrected chi connectivity index (χ4v) is 2.14. The van der Waals surface area contributed by atoms with Gasteiger partial charge < -0.3 is 16.3 Å². The highest BCUT2D eigenvalue weighted by Crippen LogP contribution is 2.26. The minimum atomic E-state index is -0.309. The summed E-state index contributed by atoms with van der Waals surface area (Å²) in [5, 5.41) is 15.2. The number of anilines is 1. The fourth-order valence-electron chi connectivity index (χ4n) is 1.56. The highest BCUT2D eigenvalue weighted by atomic mass is 32.2. The summed E-state index contributed by atoms with van der Waals surface area (Å²) >= 11 is 1.71. The van der Waals surface area contributed by atoms with Crippen LogP contribution in [0.15, 0.2) is 34.3 Å². The standard InChI is InChI=1S/C13H21N3OS/c1-13(2,12(14)16-17)8-9-15-10-6-4-5-7-11(10)18-3/h4-7,15,17H,8-9H2,1-3H3,(H2,14,16). The zero-order valence-electron chi connectivity index (χ0n) is 11.1. The molecule has 0 saturated carbocycles. The molecule has 0 saturated heterocycles. The predicted octanol–water partition coefficient (Wildman–Crippen LogP) is 2.98. The van der Waals surface area contributed by atoms with Crippen molar-refractivity contribution in [3.8, 4) is 0 Å². The topological polar surface area (TPSA) is 70.6 Å². The third-order valence-corrected chi connectivity index (χ3v) is 3.77. The molecule has 0 radical (unpaired) electrons.